The number of pyridine rings is 1. The van der Waals surface area contributed by atoms with Crippen LogP contribution in [0.25, 0.3) is 11.0 Å². The Bertz CT molecular complexity index is 1170. The van der Waals surface area contributed by atoms with Crippen LogP contribution in [0.1, 0.15) is 34.9 Å². The molecule has 1 aliphatic rings. The van der Waals surface area contributed by atoms with Crippen LogP contribution in [0, 0.1) is 13.8 Å². The monoisotopic (exact) mass is 403 g/mol. The van der Waals surface area contributed by atoms with Gasteiger partial charge in [0.2, 0.25) is 10.0 Å². The number of anilines is 1. The van der Waals surface area contributed by atoms with E-state index in [1.165, 1.54) is 16.6 Å². The van der Waals surface area contributed by atoms with Crippen molar-refractivity contribution in [2.75, 3.05) is 18.4 Å². The van der Waals surface area contributed by atoms with Gasteiger partial charge in [-0.05, 0) is 32.8 Å². The first-order chi connectivity index (χ1) is 13.3. The molecular formula is C18H21N5O4S. The molecule has 1 aliphatic heterocycles. The minimum absolute atomic E-state index is 0.0382. The fourth-order valence-electron chi connectivity index (χ4n) is 3.47. The summed E-state index contributed by atoms with van der Waals surface area (Å²) in [7, 11) is -1.85. The second kappa shape index (κ2) is 6.71. The van der Waals surface area contributed by atoms with Crippen molar-refractivity contribution < 1.29 is 17.6 Å². The van der Waals surface area contributed by atoms with Crippen molar-refractivity contribution >= 4 is 32.7 Å². The molecule has 4 heterocycles. The van der Waals surface area contributed by atoms with Crippen LogP contribution in [-0.2, 0) is 17.1 Å². The van der Waals surface area contributed by atoms with Crippen LogP contribution in [-0.4, -0.2) is 46.5 Å². The molecule has 0 radical (unpaired) electrons. The largest absolute Gasteiger partial charge is 0.455 e. The molecule has 1 amide bonds. The van der Waals surface area contributed by atoms with Gasteiger partial charge in [0.15, 0.2) is 11.4 Å². The Morgan fingerprint density at radius 1 is 1.21 bits per heavy atom. The fourth-order valence-corrected chi connectivity index (χ4v) is 5.15. The van der Waals surface area contributed by atoms with Crippen molar-refractivity contribution in [2.45, 2.75) is 31.6 Å². The normalized spacial score (nSPS) is 15.4. The van der Waals surface area contributed by atoms with E-state index in [9.17, 15) is 13.2 Å². The molecule has 3 aromatic rings. The van der Waals surface area contributed by atoms with Crippen molar-refractivity contribution in [3.05, 3.63) is 35.5 Å². The molecule has 10 heteroatoms. The average Bonchev–Trinajstić information content (AvgIpc) is 3.36. The third kappa shape index (κ3) is 3.08. The highest BCUT2D eigenvalue weighted by Gasteiger charge is 2.31. The summed E-state index contributed by atoms with van der Waals surface area (Å²) < 4.78 is 34.1. The molecule has 4 rings (SSSR count). The minimum Gasteiger partial charge on any atom is -0.455 e. The van der Waals surface area contributed by atoms with Gasteiger partial charge in [-0.1, -0.05) is 0 Å². The SMILES string of the molecule is Cc1oc(C(=O)Nc2cnc3c(c2)c(C)nn3C)cc1S(=O)(=O)N1CCCC1. The number of hydrogen-bond acceptors (Lipinski definition) is 6. The molecule has 9 nitrogen and oxygen atoms in total. The summed E-state index contributed by atoms with van der Waals surface area (Å²) in [5.74, 6) is -0.388. The fraction of sp³-hybridized carbons (Fsp3) is 0.389. The number of aryl methyl sites for hydroxylation is 3. The van der Waals surface area contributed by atoms with Crippen LogP contribution in [0.15, 0.2) is 27.6 Å². The quantitative estimate of drug-likeness (QED) is 0.715. The lowest BCUT2D eigenvalue weighted by Gasteiger charge is -2.14. The first kappa shape index (κ1) is 18.6. The number of furan rings is 1. The standard InChI is InChI=1S/C18H21N5O4S/c1-11-14-8-13(10-19-17(14)22(3)21-11)20-18(24)15-9-16(12(2)27-15)28(25,26)23-6-4-5-7-23/h8-10H,4-7H2,1-3H3,(H,20,24). The second-order valence-corrected chi connectivity index (χ2v) is 8.81. The van der Waals surface area contributed by atoms with Gasteiger partial charge in [-0.3, -0.25) is 9.48 Å². The van der Waals surface area contributed by atoms with Crippen molar-refractivity contribution in [1.29, 1.82) is 0 Å². The molecule has 28 heavy (non-hydrogen) atoms. The lowest BCUT2D eigenvalue weighted by Crippen LogP contribution is -2.28. The number of hydrogen-bond donors (Lipinski definition) is 1. The molecule has 0 spiro atoms. The predicted molar refractivity (Wildman–Crippen MR) is 103 cm³/mol. The second-order valence-electron chi connectivity index (χ2n) is 6.90. The summed E-state index contributed by atoms with van der Waals surface area (Å²) in [5.41, 5.74) is 1.99. The maximum atomic E-state index is 12.8. The van der Waals surface area contributed by atoms with E-state index in [1.54, 1.807) is 24.7 Å². The van der Waals surface area contributed by atoms with Gasteiger partial charge in [-0.2, -0.15) is 9.40 Å². The Labute approximate surface area is 162 Å². The van der Waals surface area contributed by atoms with E-state index >= 15 is 0 Å². The molecule has 1 fully saturated rings. The van der Waals surface area contributed by atoms with Crippen LogP contribution in [0.5, 0.6) is 0 Å². The third-order valence-corrected chi connectivity index (χ3v) is 6.91. The zero-order valence-corrected chi connectivity index (χ0v) is 16.7. The molecule has 0 unspecified atom stereocenters. The average molecular weight is 403 g/mol. The Kier molecular flexibility index (Phi) is 4.47. The van der Waals surface area contributed by atoms with Gasteiger partial charge in [0.25, 0.3) is 5.91 Å². The summed E-state index contributed by atoms with van der Waals surface area (Å²) in [5, 5.41) is 7.83. The van der Waals surface area contributed by atoms with E-state index in [2.05, 4.69) is 15.4 Å². The predicted octanol–water partition coefficient (Wildman–Crippen LogP) is 2.21. The van der Waals surface area contributed by atoms with Crippen molar-refractivity contribution in [2.24, 2.45) is 7.05 Å². The maximum Gasteiger partial charge on any atom is 0.291 e. The summed E-state index contributed by atoms with van der Waals surface area (Å²) in [6.45, 7) is 4.39. The highest BCUT2D eigenvalue weighted by Crippen LogP contribution is 2.27. The number of amides is 1. The highest BCUT2D eigenvalue weighted by atomic mass is 32.2. The summed E-state index contributed by atoms with van der Waals surface area (Å²) >= 11 is 0. The van der Waals surface area contributed by atoms with Gasteiger partial charge in [0, 0.05) is 31.6 Å². The molecule has 148 valence electrons. The zero-order valence-electron chi connectivity index (χ0n) is 15.9. The Morgan fingerprint density at radius 2 is 1.93 bits per heavy atom. The summed E-state index contributed by atoms with van der Waals surface area (Å²) in [6.07, 6.45) is 3.21. The van der Waals surface area contributed by atoms with Crippen LogP contribution in [0.3, 0.4) is 0 Å². The number of nitrogens with zero attached hydrogens (tertiary/aromatic N) is 4. The van der Waals surface area contributed by atoms with Gasteiger partial charge in [0.05, 0.1) is 17.6 Å². The number of carbonyl (C=O) groups is 1. The van der Waals surface area contributed by atoms with Crippen LogP contribution in [0.2, 0.25) is 0 Å². The molecule has 0 atom stereocenters. The first-order valence-corrected chi connectivity index (χ1v) is 10.4. The van der Waals surface area contributed by atoms with Gasteiger partial charge in [-0.15, -0.1) is 0 Å². The molecule has 0 bridgehead atoms. The van der Waals surface area contributed by atoms with Crippen molar-refractivity contribution in [3.63, 3.8) is 0 Å². The number of carbonyl (C=O) groups excluding carboxylic acids is 1. The summed E-state index contributed by atoms with van der Waals surface area (Å²) in [4.78, 5) is 16.9. The van der Waals surface area contributed by atoms with E-state index in [4.69, 9.17) is 4.42 Å². The van der Waals surface area contributed by atoms with Gasteiger partial charge >= 0.3 is 0 Å². The number of rotatable bonds is 4. The Hall–Kier alpha value is -2.72. The van der Waals surface area contributed by atoms with E-state index < -0.39 is 15.9 Å². The highest BCUT2D eigenvalue weighted by molar-refractivity contribution is 7.89. The molecule has 0 aliphatic carbocycles. The number of nitrogens with one attached hydrogen (secondary N) is 1. The third-order valence-electron chi connectivity index (χ3n) is 4.90. The topological polar surface area (TPSA) is 110 Å². The Balaban J connectivity index is 1.60. The van der Waals surface area contributed by atoms with Crippen molar-refractivity contribution in [1.82, 2.24) is 19.1 Å². The van der Waals surface area contributed by atoms with Gasteiger partial charge in [0.1, 0.15) is 10.7 Å². The lowest BCUT2D eigenvalue weighted by molar-refractivity contribution is 0.0995. The number of aromatic nitrogens is 3. The maximum absolute atomic E-state index is 12.8. The Morgan fingerprint density at radius 3 is 2.64 bits per heavy atom. The molecule has 1 saturated heterocycles. The summed E-state index contributed by atoms with van der Waals surface area (Å²) in [6, 6.07) is 3.07. The molecular weight excluding hydrogens is 382 g/mol. The number of fused-ring (bicyclic) bond motifs is 1. The molecule has 0 aromatic carbocycles. The van der Waals surface area contributed by atoms with E-state index in [-0.39, 0.29) is 16.4 Å². The first-order valence-electron chi connectivity index (χ1n) is 8.98. The van der Waals surface area contributed by atoms with E-state index in [0.29, 0.717) is 24.4 Å². The molecule has 0 saturated carbocycles. The lowest BCUT2D eigenvalue weighted by atomic mass is 10.2. The van der Waals surface area contributed by atoms with Crippen LogP contribution in [0.4, 0.5) is 5.69 Å². The van der Waals surface area contributed by atoms with Crippen LogP contribution >= 0.6 is 0 Å². The van der Waals surface area contributed by atoms with E-state index in [1.807, 2.05) is 6.92 Å². The zero-order chi connectivity index (χ0) is 20.1. The smallest absolute Gasteiger partial charge is 0.291 e. The van der Waals surface area contributed by atoms with Crippen LogP contribution < -0.4 is 5.32 Å². The molecule has 3 aromatic heterocycles. The minimum atomic E-state index is -3.65. The van der Waals surface area contributed by atoms with Gasteiger partial charge < -0.3 is 9.73 Å². The van der Waals surface area contributed by atoms with Gasteiger partial charge in [-0.25, -0.2) is 13.4 Å². The molecule has 1 N–H and O–H groups in total. The van der Waals surface area contributed by atoms with E-state index in [0.717, 1.165) is 23.9 Å². The van der Waals surface area contributed by atoms with Crippen molar-refractivity contribution in [3.8, 4) is 0 Å². The number of sulfonamides is 1.